The summed E-state index contributed by atoms with van der Waals surface area (Å²) in [7, 11) is 0. The number of amides is 1. The summed E-state index contributed by atoms with van der Waals surface area (Å²) in [5.41, 5.74) is 0. The van der Waals surface area contributed by atoms with E-state index < -0.39 is 0 Å². The van der Waals surface area contributed by atoms with Gasteiger partial charge >= 0.3 is 0 Å². The number of hydrogen-bond acceptors (Lipinski definition) is 5. The molecule has 2 aliphatic carbocycles. The molecule has 1 amide bonds. The Kier molecular flexibility index (Phi) is 3.30. The summed E-state index contributed by atoms with van der Waals surface area (Å²) < 4.78 is 5.40. The highest BCUT2D eigenvalue weighted by atomic mass is 32.1. The van der Waals surface area contributed by atoms with Crippen molar-refractivity contribution in [1.82, 2.24) is 15.0 Å². The molecule has 0 spiro atoms. The van der Waals surface area contributed by atoms with Crippen LogP contribution in [0.3, 0.4) is 0 Å². The predicted molar refractivity (Wildman–Crippen MR) is 89.9 cm³/mol. The molecule has 0 unspecified atom stereocenters. The Morgan fingerprint density at radius 1 is 1.33 bits per heavy atom. The first-order valence-corrected chi connectivity index (χ1v) is 9.72. The number of thiophene rings is 1. The number of aromatic nitrogens is 2. The Bertz CT molecular complexity index is 779. The Morgan fingerprint density at radius 2 is 2.21 bits per heavy atom. The lowest BCUT2D eigenvalue weighted by molar-refractivity contribution is -0.133. The van der Waals surface area contributed by atoms with Gasteiger partial charge < -0.3 is 9.42 Å². The summed E-state index contributed by atoms with van der Waals surface area (Å²) in [6.07, 6.45) is 5.27. The van der Waals surface area contributed by atoms with Crippen molar-refractivity contribution >= 4 is 17.2 Å². The zero-order valence-corrected chi connectivity index (χ0v) is 14.6. The molecule has 126 valence electrons. The quantitative estimate of drug-likeness (QED) is 0.847. The van der Waals surface area contributed by atoms with E-state index in [2.05, 4.69) is 29.2 Å². The van der Waals surface area contributed by atoms with Gasteiger partial charge in [0.05, 0.1) is 6.04 Å². The summed E-state index contributed by atoms with van der Waals surface area (Å²) >= 11 is 1.82. The number of carbonyl (C=O) groups excluding carboxylic acids is 1. The maximum absolute atomic E-state index is 13.0. The van der Waals surface area contributed by atoms with Crippen molar-refractivity contribution in [2.24, 2.45) is 5.92 Å². The number of hydrogen-bond donors (Lipinski definition) is 0. The van der Waals surface area contributed by atoms with Crippen molar-refractivity contribution in [3.8, 4) is 0 Å². The molecule has 3 fully saturated rings. The van der Waals surface area contributed by atoms with Gasteiger partial charge in [-0.3, -0.25) is 4.79 Å². The summed E-state index contributed by atoms with van der Waals surface area (Å²) in [6, 6.07) is 4.35. The highest BCUT2D eigenvalue weighted by Gasteiger charge is 2.49. The molecule has 2 aromatic rings. The predicted octanol–water partition coefficient (Wildman–Crippen LogP) is 3.78. The molecule has 5 rings (SSSR count). The number of likely N-dealkylation sites (tertiary alicyclic amines) is 1. The summed E-state index contributed by atoms with van der Waals surface area (Å²) in [4.78, 5) is 22.2. The first kappa shape index (κ1) is 14.6. The highest BCUT2D eigenvalue weighted by molar-refractivity contribution is 7.12. The van der Waals surface area contributed by atoms with Gasteiger partial charge in [-0.2, -0.15) is 4.98 Å². The largest absolute Gasteiger partial charge is 0.339 e. The van der Waals surface area contributed by atoms with Crippen molar-refractivity contribution in [3.05, 3.63) is 33.6 Å². The standard InChI is InChI=1S/C18H21N3O2S/c1-10-4-7-15(24-10)12-9-13(12)18(22)21-8-2-3-14(21)16-19-17(23-20-16)11-5-6-11/h4,7,11-14H,2-3,5-6,8-9H2,1H3/t12-,13-,14+/m1/s1. The molecule has 0 N–H and O–H groups in total. The minimum Gasteiger partial charge on any atom is -0.339 e. The average molecular weight is 343 g/mol. The minimum atomic E-state index is 0.0140. The highest BCUT2D eigenvalue weighted by Crippen LogP contribution is 2.52. The van der Waals surface area contributed by atoms with E-state index in [1.54, 1.807) is 0 Å². The van der Waals surface area contributed by atoms with E-state index in [0.717, 1.165) is 44.5 Å². The van der Waals surface area contributed by atoms with Gasteiger partial charge in [0.2, 0.25) is 11.8 Å². The van der Waals surface area contributed by atoms with Crippen LogP contribution in [0.15, 0.2) is 16.7 Å². The monoisotopic (exact) mass is 343 g/mol. The summed E-state index contributed by atoms with van der Waals surface area (Å²) in [5.74, 6) is 2.80. The van der Waals surface area contributed by atoms with Gasteiger partial charge in [-0.1, -0.05) is 5.16 Å². The van der Waals surface area contributed by atoms with E-state index in [0.29, 0.717) is 17.7 Å². The second-order valence-electron chi connectivity index (χ2n) is 7.35. The molecule has 3 heterocycles. The molecule has 0 radical (unpaired) electrons. The van der Waals surface area contributed by atoms with Crippen LogP contribution in [0.4, 0.5) is 0 Å². The maximum Gasteiger partial charge on any atom is 0.229 e. The van der Waals surface area contributed by atoms with Crippen LogP contribution in [-0.4, -0.2) is 27.5 Å². The fourth-order valence-corrected chi connectivity index (χ4v) is 4.88. The maximum atomic E-state index is 13.0. The Hall–Kier alpha value is -1.69. The van der Waals surface area contributed by atoms with Crippen molar-refractivity contribution < 1.29 is 9.32 Å². The number of carbonyl (C=O) groups is 1. The SMILES string of the molecule is Cc1ccc([C@@H]2C[C@H]2C(=O)N2CCC[C@H]2c2noc(C3CC3)n2)s1. The van der Waals surface area contributed by atoms with Crippen molar-refractivity contribution in [3.63, 3.8) is 0 Å². The van der Waals surface area contributed by atoms with Crippen molar-refractivity contribution in [2.75, 3.05) is 6.54 Å². The van der Waals surface area contributed by atoms with Crippen molar-refractivity contribution in [2.45, 2.75) is 56.9 Å². The molecule has 2 aromatic heterocycles. The first-order chi connectivity index (χ1) is 11.7. The van der Waals surface area contributed by atoms with Crippen LogP contribution in [0, 0.1) is 12.8 Å². The normalized spacial score (nSPS) is 29.2. The first-order valence-electron chi connectivity index (χ1n) is 8.91. The van der Waals surface area contributed by atoms with Gasteiger partial charge in [0.15, 0.2) is 5.82 Å². The van der Waals surface area contributed by atoms with Crippen LogP contribution in [0.5, 0.6) is 0 Å². The minimum absolute atomic E-state index is 0.0140. The number of nitrogens with zero attached hydrogens (tertiary/aromatic N) is 3. The van der Waals surface area contributed by atoms with Gasteiger partial charge in [0.25, 0.3) is 0 Å². The third-order valence-corrected chi connectivity index (χ3v) is 6.58. The van der Waals surface area contributed by atoms with Gasteiger partial charge in [-0.15, -0.1) is 11.3 Å². The molecule has 1 saturated heterocycles. The topological polar surface area (TPSA) is 59.2 Å². The van der Waals surface area contributed by atoms with Gasteiger partial charge in [-0.05, 0) is 51.2 Å². The van der Waals surface area contributed by atoms with Crippen molar-refractivity contribution in [1.29, 1.82) is 0 Å². The molecule has 0 aromatic carbocycles. The Balaban J connectivity index is 1.31. The molecule has 3 aliphatic rings. The lowest BCUT2D eigenvalue weighted by atomic mass is 10.2. The van der Waals surface area contributed by atoms with Crippen LogP contribution in [0.1, 0.15) is 71.5 Å². The fourth-order valence-electron chi connectivity index (χ4n) is 3.83. The van der Waals surface area contributed by atoms with Gasteiger partial charge in [0.1, 0.15) is 0 Å². The smallest absolute Gasteiger partial charge is 0.229 e. The van der Waals surface area contributed by atoms with E-state index in [9.17, 15) is 4.79 Å². The second kappa shape index (κ2) is 5.41. The third kappa shape index (κ3) is 2.48. The van der Waals surface area contributed by atoms with Crippen LogP contribution in [0.2, 0.25) is 0 Å². The lowest BCUT2D eigenvalue weighted by Gasteiger charge is -2.22. The van der Waals surface area contributed by atoms with E-state index in [1.165, 1.54) is 9.75 Å². The van der Waals surface area contributed by atoms with Gasteiger partial charge in [0, 0.05) is 34.1 Å². The average Bonchev–Trinajstić information content (AvgIpc) is 3.42. The lowest BCUT2D eigenvalue weighted by Crippen LogP contribution is -2.32. The van der Waals surface area contributed by atoms with E-state index in [4.69, 9.17) is 4.52 Å². The van der Waals surface area contributed by atoms with Crippen LogP contribution < -0.4 is 0 Å². The molecular weight excluding hydrogens is 322 g/mol. The van der Waals surface area contributed by atoms with Crippen LogP contribution in [-0.2, 0) is 4.79 Å². The second-order valence-corrected chi connectivity index (χ2v) is 8.67. The number of aryl methyl sites for hydroxylation is 1. The molecule has 24 heavy (non-hydrogen) atoms. The zero-order valence-electron chi connectivity index (χ0n) is 13.8. The van der Waals surface area contributed by atoms with Crippen LogP contribution >= 0.6 is 11.3 Å². The molecule has 2 saturated carbocycles. The molecule has 6 heteroatoms. The molecule has 3 atom stereocenters. The van der Waals surface area contributed by atoms with E-state index in [1.807, 2.05) is 16.2 Å². The molecule has 0 bridgehead atoms. The Labute approximate surface area is 145 Å². The Morgan fingerprint density at radius 3 is 2.96 bits per heavy atom. The fraction of sp³-hybridized carbons (Fsp3) is 0.611. The molecular formula is C18H21N3O2S. The van der Waals surface area contributed by atoms with E-state index >= 15 is 0 Å². The molecule has 1 aliphatic heterocycles. The zero-order chi connectivity index (χ0) is 16.3. The third-order valence-electron chi connectivity index (χ3n) is 5.45. The van der Waals surface area contributed by atoms with Gasteiger partial charge in [-0.25, -0.2) is 0 Å². The summed E-state index contributed by atoms with van der Waals surface area (Å²) in [6.45, 7) is 2.95. The van der Waals surface area contributed by atoms with E-state index in [-0.39, 0.29) is 17.9 Å². The number of rotatable bonds is 4. The molecule has 5 nitrogen and oxygen atoms in total. The summed E-state index contributed by atoms with van der Waals surface area (Å²) in [5, 5.41) is 4.17. The van der Waals surface area contributed by atoms with Crippen LogP contribution in [0.25, 0.3) is 0 Å².